The first-order valence-corrected chi connectivity index (χ1v) is 17.4. The highest BCUT2D eigenvalue weighted by molar-refractivity contribution is 7.89. The van der Waals surface area contributed by atoms with Crippen LogP contribution in [-0.4, -0.2) is 88.9 Å². The summed E-state index contributed by atoms with van der Waals surface area (Å²) in [7, 11) is -5.95. The zero-order chi connectivity index (χ0) is 31.4. The van der Waals surface area contributed by atoms with Crippen LogP contribution in [0.5, 0.6) is 5.75 Å². The largest absolute Gasteiger partial charge is 0.491 e. The Morgan fingerprint density at radius 3 is 2.52 bits per heavy atom. The minimum Gasteiger partial charge on any atom is -0.491 e. The molecule has 2 aliphatic heterocycles. The molecule has 0 amide bonds. The SMILES string of the molecule is CNS(=O)(=O)c1cccc(OCC(O)CNC2COC3(CCN(S(=O)(=O)c4cccc(-c5ccc(CN)nc5)c4)CC3)C2)c1. The molecule has 0 aliphatic carbocycles. The first-order valence-electron chi connectivity index (χ1n) is 14.5. The van der Waals surface area contributed by atoms with E-state index in [1.807, 2.05) is 18.2 Å². The summed E-state index contributed by atoms with van der Waals surface area (Å²) in [5.74, 6) is 0.343. The molecule has 3 heterocycles. The van der Waals surface area contributed by atoms with Gasteiger partial charge < -0.3 is 25.6 Å². The maximum Gasteiger partial charge on any atom is 0.243 e. The van der Waals surface area contributed by atoms with Gasteiger partial charge in [-0.1, -0.05) is 24.3 Å². The first kappa shape index (κ1) is 32.4. The number of sulfonamides is 2. The maximum atomic E-state index is 13.5. The molecular formula is C30H39N5O7S2. The van der Waals surface area contributed by atoms with E-state index in [4.69, 9.17) is 15.2 Å². The number of benzene rings is 2. The quantitative estimate of drug-likeness (QED) is 0.226. The van der Waals surface area contributed by atoms with E-state index in [1.54, 1.807) is 36.5 Å². The molecule has 2 fully saturated rings. The smallest absolute Gasteiger partial charge is 0.243 e. The van der Waals surface area contributed by atoms with Crippen molar-refractivity contribution in [3.05, 3.63) is 72.6 Å². The third kappa shape index (κ3) is 7.46. The third-order valence-electron chi connectivity index (χ3n) is 8.15. The van der Waals surface area contributed by atoms with Crippen molar-refractivity contribution in [2.24, 2.45) is 5.73 Å². The van der Waals surface area contributed by atoms with Crippen molar-refractivity contribution in [3.8, 4) is 16.9 Å². The molecule has 1 spiro atoms. The lowest BCUT2D eigenvalue weighted by molar-refractivity contribution is -0.0312. The number of ether oxygens (including phenoxy) is 2. The molecule has 2 unspecified atom stereocenters. The number of nitrogens with zero attached hydrogens (tertiary/aromatic N) is 2. The molecule has 12 nitrogen and oxygen atoms in total. The summed E-state index contributed by atoms with van der Waals surface area (Å²) in [4.78, 5) is 4.64. The number of aliphatic hydroxyl groups is 1. The number of nitrogens with two attached hydrogens (primary N) is 1. The van der Waals surface area contributed by atoms with Crippen LogP contribution < -0.4 is 20.5 Å². The van der Waals surface area contributed by atoms with E-state index in [-0.39, 0.29) is 29.0 Å². The number of piperidine rings is 1. The summed E-state index contributed by atoms with van der Waals surface area (Å²) in [6.45, 7) is 1.75. The molecule has 5 rings (SSSR count). The van der Waals surface area contributed by atoms with Gasteiger partial charge in [-0.3, -0.25) is 4.98 Å². The molecule has 238 valence electrons. The van der Waals surface area contributed by atoms with Crippen molar-refractivity contribution in [1.29, 1.82) is 0 Å². The summed E-state index contributed by atoms with van der Waals surface area (Å²) in [6, 6.07) is 16.7. The molecule has 2 aliphatic rings. The highest BCUT2D eigenvalue weighted by Crippen LogP contribution is 2.37. The Morgan fingerprint density at radius 2 is 1.82 bits per heavy atom. The Morgan fingerprint density at radius 1 is 1.07 bits per heavy atom. The molecule has 3 aromatic rings. The van der Waals surface area contributed by atoms with Gasteiger partial charge in [0, 0.05) is 50.0 Å². The van der Waals surface area contributed by atoms with Gasteiger partial charge in [0.25, 0.3) is 0 Å². The van der Waals surface area contributed by atoms with Gasteiger partial charge in [0.05, 0.1) is 27.7 Å². The number of aromatic nitrogens is 1. The van der Waals surface area contributed by atoms with E-state index >= 15 is 0 Å². The van der Waals surface area contributed by atoms with E-state index in [1.165, 1.54) is 23.5 Å². The molecular weight excluding hydrogens is 606 g/mol. The number of hydrogen-bond donors (Lipinski definition) is 4. The van der Waals surface area contributed by atoms with Gasteiger partial charge in [0.2, 0.25) is 20.0 Å². The molecule has 14 heteroatoms. The van der Waals surface area contributed by atoms with E-state index in [9.17, 15) is 21.9 Å². The summed E-state index contributed by atoms with van der Waals surface area (Å²) < 4.78 is 66.7. The lowest BCUT2D eigenvalue weighted by atomic mass is 9.88. The Labute approximate surface area is 258 Å². The summed E-state index contributed by atoms with van der Waals surface area (Å²) in [5.41, 5.74) is 7.58. The van der Waals surface area contributed by atoms with Crippen LogP contribution >= 0.6 is 0 Å². The van der Waals surface area contributed by atoms with E-state index in [0.717, 1.165) is 16.8 Å². The molecule has 5 N–H and O–H groups in total. The number of pyridine rings is 1. The summed E-state index contributed by atoms with van der Waals surface area (Å²) >= 11 is 0. The highest BCUT2D eigenvalue weighted by Gasteiger charge is 2.44. The Hall–Kier alpha value is -2.95. The van der Waals surface area contributed by atoms with Crippen molar-refractivity contribution < 1.29 is 31.4 Å². The normalized spacial score (nSPS) is 19.7. The van der Waals surface area contributed by atoms with Crippen LogP contribution in [0.25, 0.3) is 11.1 Å². The predicted molar refractivity (Wildman–Crippen MR) is 165 cm³/mol. The first-order chi connectivity index (χ1) is 21.0. The lowest BCUT2D eigenvalue weighted by Crippen LogP contribution is -2.47. The van der Waals surface area contributed by atoms with Crippen LogP contribution in [0, 0.1) is 0 Å². The third-order valence-corrected chi connectivity index (χ3v) is 11.5. The fraction of sp³-hybridized carbons (Fsp3) is 0.433. The summed E-state index contributed by atoms with van der Waals surface area (Å²) in [6.07, 6.45) is 2.73. The van der Waals surface area contributed by atoms with Crippen molar-refractivity contribution in [1.82, 2.24) is 19.3 Å². The van der Waals surface area contributed by atoms with Crippen LogP contribution in [0.4, 0.5) is 0 Å². The topological polar surface area (TPSA) is 173 Å². The van der Waals surface area contributed by atoms with Gasteiger partial charge in [0.1, 0.15) is 18.5 Å². The second kappa shape index (κ2) is 13.6. The second-order valence-electron chi connectivity index (χ2n) is 11.1. The van der Waals surface area contributed by atoms with Gasteiger partial charge in [0.15, 0.2) is 0 Å². The van der Waals surface area contributed by atoms with E-state index in [0.29, 0.717) is 51.3 Å². The van der Waals surface area contributed by atoms with Gasteiger partial charge in [-0.05, 0) is 62.2 Å². The fourth-order valence-corrected chi connectivity index (χ4v) is 7.81. The van der Waals surface area contributed by atoms with E-state index < -0.39 is 31.8 Å². The number of aliphatic hydroxyl groups excluding tert-OH is 1. The van der Waals surface area contributed by atoms with Crippen LogP contribution in [0.2, 0.25) is 0 Å². The van der Waals surface area contributed by atoms with Gasteiger partial charge in [-0.15, -0.1) is 0 Å². The zero-order valence-electron chi connectivity index (χ0n) is 24.6. The van der Waals surface area contributed by atoms with Crippen LogP contribution in [0.1, 0.15) is 25.0 Å². The molecule has 0 saturated carbocycles. The minimum atomic E-state index is -3.69. The number of nitrogens with one attached hydrogen (secondary N) is 2. The molecule has 2 atom stereocenters. The maximum absolute atomic E-state index is 13.5. The highest BCUT2D eigenvalue weighted by atomic mass is 32.2. The second-order valence-corrected chi connectivity index (χ2v) is 14.9. The fourth-order valence-electron chi connectivity index (χ4n) is 5.56. The van der Waals surface area contributed by atoms with Gasteiger partial charge in [-0.25, -0.2) is 21.6 Å². The predicted octanol–water partition coefficient (Wildman–Crippen LogP) is 1.46. The zero-order valence-corrected chi connectivity index (χ0v) is 26.2. The Balaban J connectivity index is 1.10. The molecule has 0 bridgehead atoms. The molecule has 0 radical (unpaired) electrons. The Bertz CT molecular complexity index is 1640. The van der Waals surface area contributed by atoms with Crippen molar-refractivity contribution in [2.45, 2.75) is 53.3 Å². The molecule has 2 aromatic carbocycles. The van der Waals surface area contributed by atoms with Crippen LogP contribution in [0.15, 0.2) is 76.7 Å². The standard InChI is InChI=1S/C30H39N5O7S2/c1-32-43(37,38)28-6-3-5-27(15-28)41-21-26(36)19-34-25-16-30(42-20-25)10-12-35(13-11-30)44(39,40)29-7-2-4-22(14-29)23-8-9-24(17-31)33-18-23/h2-9,14-15,18,25-26,32,34,36H,10-13,16-17,19-21,31H2,1H3. The van der Waals surface area contributed by atoms with Gasteiger partial charge >= 0.3 is 0 Å². The molecule has 1 aromatic heterocycles. The van der Waals surface area contributed by atoms with Gasteiger partial charge in [-0.2, -0.15) is 4.31 Å². The van der Waals surface area contributed by atoms with Crippen LogP contribution in [0.3, 0.4) is 0 Å². The monoisotopic (exact) mass is 645 g/mol. The lowest BCUT2D eigenvalue weighted by Gasteiger charge is -2.38. The van der Waals surface area contributed by atoms with Crippen LogP contribution in [-0.2, 0) is 31.3 Å². The minimum absolute atomic E-state index is 0.00727. The van der Waals surface area contributed by atoms with Crippen molar-refractivity contribution >= 4 is 20.0 Å². The number of rotatable bonds is 12. The Kier molecular flexibility index (Phi) is 10.0. The summed E-state index contributed by atoms with van der Waals surface area (Å²) in [5, 5.41) is 13.8. The average Bonchev–Trinajstić information content (AvgIpc) is 3.45. The van der Waals surface area contributed by atoms with Crippen molar-refractivity contribution in [3.63, 3.8) is 0 Å². The van der Waals surface area contributed by atoms with Crippen molar-refractivity contribution in [2.75, 3.05) is 39.9 Å². The molecule has 2 saturated heterocycles. The number of hydrogen-bond acceptors (Lipinski definition) is 10. The van der Waals surface area contributed by atoms with E-state index in [2.05, 4.69) is 15.0 Å². The molecule has 44 heavy (non-hydrogen) atoms. The average molecular weight is 646 g/mol.